The summed E-state index contributed by atoms with van der Waals surface area (Å²) in [7, 11) is 2.33. The van der Waals surface area contributed by atoms with E-state index in [0.717, 1.165) is 35.8 Å². The molecule has 4 fully saturated rings. The van der Waals surface area contributed by atoms with Crippen molar-refractivity contribution >= 4 is 0 Å². The highest BCUT2D eigenvalue weighted by Gasteiger charge is 2.44. The van der Waals surface area contributed by atoms with Gasteiger partial charge in [0.15, 0.2) is 0 Å². The summed E-state index contributed by atoms with van der Waals surface area (Å²) in [6.45, 7) is 0. The Labute approximate surface area is 123 Å². The van der Waals surface area contributed by atoms with E-state index in [4.69, 9.17) is 5.84 Å². The van der Waals surface area contributed by atoms with E-state index in [1.54, 1.807) is 0 Å². The summed E-state index contributed by atoms with van der Waals surface area (Å²) in [6.07, 6.45) is 13.0. The van der Waals surface area contributed by atoms with Crippen LogP contribution >= 0.6 is 0 Å². The smallest absolute Gasteiger partial charge is 0.0242 e. The van der Waals surface area contributed by atoms with E-state index in [2.05, 4.69) is 17.4 Å². The second-order valence-electron chi connectivity index (χ2n) is 8.23. The molecular formula is C17H31N3. The first kappa shape index (κ1) is 13.5. The highest BCUT2D eigenvalue weighted by atomic mass is 15.2. The topological polar surface area (TPSA) is 41.3 Å². The lowest BCUT2D eigenvalue weighted by Crippen LogP contribution is -2.49. The molecule has 0 aromatic rings. The van der Waals surface area contributed by atoms with Crippen LogP contribution < -0.4 is 11.3 Å². The molecule has 3 N–H and O–H groups in total. The van der Waals surface area contributed by atoms with Crippen molar-refractivity contribution in [2.75, 3.05) is 7.05 Å². The van der Waals surface area contributed by atoms with Crippen LogP contribution in [0.15, 0.2) is 0 Å². The van der Waals surface area contributed by atoms with Gasteiger partial charge in [-0.2, -0.15) is 0 Å². The van der Waals surface area contributed by atoms with E-state index in [-0.39, 0.29) is 0 Å². The van der Waals surface area contributed by atoms with Crippen molar-refractivity contribution in [2.45, 2.75) is 75.9 Å². The molecule has 6 unspecified atom stereocenters. The second kappa shape index (κ2) is 5.26. The maximum Gasteiger partial charge on any atom is 0.0242 e. The Kier molecular flexibility index (Phi) is 3.56. The number of nitrogens with zero attached hydrogens (tertiary/aromatic N) is 1. The van der Waals surface area contributed by atoms with Crippen LogP contribution in [0.3, 0.4) is 0 Å². The van der Waals surface area contributed by atoms with Gasteiger partial charge in [0.25, 0.3) is 0 Å². The van der Waals surface area contributed by atoms with Gasteiger partial charge in [-0.05, 0) is 82.1 Å². The lowest BCUT2D eigenvalue weighted by molar-refractivity contribution is 0.101. The molecule has 6 atom stereocenters. The van der Waals surface area contributed by atoms with Crippen molar-refractivity contribution in [1.82, 2.24) is 10.3 Å². The molecule has 2 saturated carbocycles. The van der Waals surface area contributed by atoms with Gasteiger partial charge in [0, 0.05) is 18.1 Å². The molecule has 114 valence electrons. The number of hydrogen-bond acceptors (Lipinski definition) is 3. The van der Waals surface area contributed by atoms with E-state index in [1.807, 2.05) is 0 Å². The third-order valence-electron chi connectivity index (χ3n) is 7.36. The highest BCUT2D eigenvalue weighted by Crippen LogP contribution is 2.51. The van der Waals surface area contributed by atoms with Gasteiger partial charge in [-0.3, -0.25) is 11.3 Å². The monoisotopic (exact) mass is 277 g/mol. The predicted molar refractivity (Wildman–Crippen MR) is 82.0 cm³/mol. The van der Waals surface area contributed by atoms with E-state index in [9.17, 15) is 0 Å². The molecule has 2 saturated heterocycles. The summed E-state index contributed by atoms with van der Waals surface area (Å²) in [4.78, 5) is 2.64. The number of nitrogens with two attached hydrogens (primary N) is 1. The Bertz CT molecular complexity index is 344. The van der Waals surface area contributed by atoms with Crippen LogP contribution in [0.5, 0.6) is 0 Å². The van der Waals surface area contributed by atoms with Crippen molar-refractivity contribution in [2.24, 2.45) is 29.5 Å². The van der Waals surface area contributed by atoms with Crippen LogP contribution in [-0.4, -0.2) is 30.1 Å². The molecule has 2 aliphatic heterocycles. The van der Waals surface area contributed by atoms with Crippen LogP contribution in [0, 0.1) is 23.7 Å². The van der Waals surface area contributed by atoms with Gasteiger partial charge >= 0.3 is 0 Å². The maximum absolute atomic E-state index is 5.96. The zero-order valence-corrected chi connectivity index (χ0v) is 12.9. The summed E-state index contributed by atoms with van der Waals surface area (Å²) in [5.74, 6) is 9.88. The van der Waals surface area contributed by atoms with Crippen molar-refractivity contribution < 1.29 is 0 Å². The molecule has 4 bridgehead atoms. The molecule has 4 aliphatic rings. The quantitative estimate of drug-likeness (QED) is 0.613. The van der Waals surface area contributed by atoms with E-state index in [0.29, 0.717) is 6.04 Å². The van der Waals surface area contributed by atoms with E-state index < -0.39 is 0 Å². The van der Waals surface area contributed by atoms with Gasteiger partial charge in [-0.1, -0.05) is 6.42 Å². The SMILES string of the molecule is CN1C2CCC1CC(C(CC1CC3CCC1C3)NN)C2. The summed E-state index contributed by atoms with van der Waals surface area (Å²) in [5.41, 5.74) is 3.22. The molecule has 2 aliphatic carbocycles. The minimum Gasteiger partial charge on any atom is -0.300 e. The van der Waals surface area contributed by atoms with Crippen LogP contribution in [0.25, 0.3) is 0 Å². The van der Waals surface area contributed by atoms with Crippen LogP contribution in [0.2, 0.25) is 0 Å². The summed E-state index contributed by atoms with van der Waals surface area (Å²) < 4.78 is 0. The van der Waals surface area contributed by atoms with Gasteiger partial charge in [0.1, 0.15) is 0 Å². The maximum atomic E-state index is 5.96. The third-order valence-corrected chi connectivity index (χ3v) is 7.36. The minimum absolute atomic E-state index is 0.580. The minimum atomic E-state index is 0.580. The number of fused-ring (bicyclic) bond motifs is 4. The van der Waals surface area contributed by atoms with Crippen molar-refractivity contribution in [3.63, 3.8) is 0 Å². The Morgan fingerprint density at radius 1 is 1.05 bits per heavy atom. The standard InChI is InChI=1S/C17H31N3/c1-20-15-4-5-16(20)9-14(8-15)17(19-18)10-13-7-11-2-3-12(13)6-11/h11-17,19H,2-10,18H2,1H3. The fourth-order valence-corrected chi connectivity index (χ4v) is 6.17. The lowest BCUT2D eigenvalue weighted by atomic mass is 9.77. The lowest BCUT2D eigenvalue weighted by Gasteiger charge is -2.41. The highest BCUT2D eigenvalue weighted by molar-refractivity contribution is 4.98. The molecule has 0 radical (unpaired) electrons. The molecule has 4 rings (SSSR count). The Morgan fingerprint density at radius 2 is 1.80 bits per heavy atom. The Hall–Kier alpha value is -0.120. The Balaban J connectivity index is 1.39. The second-order valence-corrected chi connectivity index (χ2v) is 8.23. The molecule has 0 aromatic heterocycles. The van der Waals surface area contributed by atoms with Gasteiger partial charge in [-0.15, -0.1) is 0 Å². The molecule has 3 nitrogen and oxygen atoms in total. The van der Waals surface area contributed by atoms with Crippen molar-refractivity contribution in [3.8, 4) is 0 Å². The Morgan fingerprint density at radius 3 is 2.35 bits per heavy atom. The van der Waals surface area contributed by atoms with E-state index >= 15 is 0 Å². The molecule has 0 spiro atoms. The normalized spacial score (nSPS) is 48.9. The number of piperidine rings is 1. The molecule has 0 amide bonds. The largest absolute Gasteiger partial charge is 0.300 e. The summed E-state index contributed by atoms with van der Waals surface area (Å²) >= 11 is 0. The van der Waals surface area contributed by atoms with Crippen LogP contribution in [0.1, 0.15) is 57.8 Å². The van der Waals surface area contributed by atoms with Crippen LogP contribution in [-0.2, 0) is 0 Å². The first-order valence-corrected chi connectivity index (χ1v) is 8.92. The fraction of sp³-hybridized carbons (Fsp3) is 1.00. The summed E-state index contributed by atoms with van der Waals surface area (Å²) in [5, 5.41) is 0. The third kappa shape index (κ3) is 2.22. The molecule has 0 aromatic carbocycles. The number of rotatable bonds is 4. The predicted octanol–water partition coefficient (Wildman–Crippen LogP) is 2.52. The number of hydrogen-bond donors (Lipinski definition) is 2. The van der Waals surface area contributed by atoms with Crippen LogP contribution in [0.4, 0.5) is 0 Å². The fourth-order valence-electron chi connectivity index (χ4n) is 6.17. The van der Waals surface area contributed by atoms with Crippen molar-refractivity contribution in [3.05, 3.63) is 0 Å². The average Bonchev–Trinajstić information content (AvgIpc) is 3.10. The summed E-state index contributed by atoms with van der Waals surface area (Å²) in [6, 6.07) is 2.26. The van der Waals surface area contributed by atoms with Gasteiger partial charge in [0.05, 0.1) is 0 Å². The molecular weight excluding hydrogens is 246 g/mol. The first-order chi connectivity index (χ1) is 9.74. The number of hydrazine groups is 1. The first-order valence-electron chi connectivity index (χ1n) is 8.92. The van der Waals surface area contributed by atoms with Gasteiger partial charge < -0.3 is 4.90 Å². The van der Waals surface area contributed by atoms with E-state index in [1.165, 1.54) is 57.8 Å². The average molecular weight is 277 g/mol. The molecule has 2 heterocycles. The number of nitrogens with one attached hydrogen (secondary N) is 1. The molecule has 20 heavy (non-hydrogen) atoms. The van der Waals surface area contributed by atoms with Gasteiger partial charge in [0.2, 0.25) is 0 Å². The molecule has 3 heteroatoms. The zero-order valence-electron chi connectivity index (χ0n) is 12.9. The van der Waals surface area contributed by atoms with Gasteiger partial charge in [-0.25, -0.2) is 0 Å². The zero-order chi connectivity index (χ0) is 13.7. The van der Waals surface area contributed by atoms with Crippen molar-refractivity contribution in [1.29, 1.82) is 0 Å².